The Balaban J connectivity index is 0.00000675. The van der Waals surface area contributed by atoms with Crippen molar-refractivity contribution in [1.29, 1.82) is 0 Å². The minimum atomic E-state index is -0.00349. The Morgan fingerprint density at radius 2 is 0.636 bits per heavy atom. The Morgan fingerprint density at radius 3 is 0.818 bits per heavy atom. The molecule has 0 fully saturated rings. The maximum atomic E-state index is 5.54. The second-order valence-corrected chi connectivity index (χ2v) is 23.4. The van der Waals surface area contributed by atoms with Crippen LogP contribution in [0.25, 0.3) is 0 Å². The van der Waals surface area contributed by atoms with Gasteiger partial charge in [-0.05, 0) is 75.5 Å². The van der Waals surface area contributed by atoms with Gasteiger partial charge in [0.15, 0.2) is 0 Å². The van der Waals surface area contributed by atoms with Crippen LogP contribution in [0.3, 0.4) is 0 Å². The van der Waals surface area contributed by atoms with Gasteiger partial charge in [0.1, 0.15) is 0 Å². The molecule has 0 spiro atoms. The van der Waals surface area contributed by atoms with E-state index in [1.165, 1.54) is 62.6 Å². The fraction of sp³-hybridized carbons (Fsp3) is 0.632. The third-order valence-corrected chi connectivity index (χ3v) is 13.9. The Kier molecular flexibility index (Phi) is 12.9. The summed E-state index contributed by atoms with van der Waals surface area (Å²) in [5.41, 5.74) is 10.7. The summed E-state index contributed by atoms with van der Waals surface area (Å²) in [5.74, 6) is 0. The van der Waals surface area contributed by atoms with Crippen molar-refractivity contribution in [2.45, 2.75) is 157 Å². The zero-order valence-electron chi connectivity index (χ0n) is 31.7. The van der Waals surface area contributed by atoms with Gasteiger partial charge in [-0.3, -0.25) is 9.98 Å². The van der Waals surface area contributed by atoms with E-state index in [4.69, 9.17) is 9.98 Å². The summed E-state index contributed by atoms with van der Waals surface area (Å²) in [6, 6.07) is 9.73. The fourth-order valence-electron chi connectivity index (χ4n) is 5.25. The smallest absolute Gasteiger partial charge is 0.267 e. The summed E-state index contributed by atoms with van der Waals surface area (Å²) in [5, 5.41) is 0. The van der Waals surface area contributed by atoms with E-state index < -0.39 is 0 Å². The molecule has 238 valence electrons. The maximum Gasteiger partial charge on any atom is 1.00 e. The third kappa shape index (κ3) is 10.1. The van der Waals surface area contributed by atoms with Crippen LogP contribution in [-0.2, 0) is 32.5 Å². The Morgan fingerprint density at radius 1 is 0.409 bits per heavy atom. The number of hydrogen-bond acceptors (Lipinski definition) is 2. The number of benzene rings is 2. The molecule has 2 unspecified atom stereocenters. The Bertz CT molecular complexity index is 1420. The van der Waals surface area contributed by atoms with Gasteiger partial charge in [0, 0.05) is 0 Å². The standard InChI is InChI=1S/C38H60N2P3.Cs/c1-33(2,3)23-19-25(35(7,8)9)29(26(20-23)36(10,11)12)39-31-41-32(43-42-31)40-30-27(37(13,14)15)21-24(34(4,5)6)22-28(30)38(16,17)18;/h19-22,42-43H,1-18H3;/q-1;+1. The van der Waals surface area contributed by atoms with Gasteiger partial charge in [-0.15, -0.1) is 0 Å². The zero-order chi connectivity index (χ0) is 33.1. The molecule has 3 aromatic rings. The van der Waals surface area contributed by atoms with Crippen molar-refractivity contribution in [2.75, 3.05) is 0 Å². The second kappa shape index (κ2) is 13.9. The number of rotatable bonds is 2. The molecule has 0 radical (unpaired) electrons. The first-order chi connectivity index (χ1) is 19.1. The molecule has 2 aromatic carbocycles. The molecule has 0 aliphatic carbocycles. The average molecular weight is 771 g/mol. The molecule has 2 atom stereocenters. The molecule has 3 rings (SSSR count). The quantitative estimate of drug-likeness (QED) is 0.248. The first-order valence-corrected chi connectivity index (χ1v) is 19.8. The van der Waals surface area contributed by atoms with Crippen LogP contribution < -0.4 is 78.5 Å². The predicted molar refractivity (Wildman–Crippen MR) is 199 cm³/mol. The van der Waals surface area contributed by atoms with Crippen LogP contribution in [-0.4, -0.2) is 0 Å². The van der Waals surface area contributed by atoms with Crippen molar-refractivity contribution in [3.63, 3.8) is 0 Å². The van der Waals surface area contributed by atoms with E-state index in [2.05, 4.69) is 149 Å². The third-order valence-electron chi connectivity index (χ3n) is 8.12. The normalized spacial score (nSPS) is 15.2. The summed E-state index contributed by atoms with van der Waals surface area (Å²) in [7, 11) is 2.58. The van der Waals surface area contributed by atoms with E-state index in [0.717, 1.165) is 0 Å². The average Bonchev–Trinajstić information content (AvgIpc) is 3.21. The maximum absolute atomic E-state index is 5.54. The van der Waals surface area contributed by atoms with Crippen LogP contribution in [0.1, 0.15) is 158 Å². The minimum Gasteiger partial charge on any atom is -0.267 e. The minimum absolute atomic E-state index is 0. The molecule has 0 saturated heterocycles. The molecule has 0 amide bonds. The molecule has 0 aliphatic heterocycles. The van der Waals surface area contributed by atoms with Gasteiger partial charge in [-0.25, -0.2) is 15.7 Å². The van der Waals surface area contributed by atoms with E-state index in [9.17, 15) is 0 Å². The van der Waals surface area contributed by atoms with Gasteiger partial charge < -0.3 is 0 Å². The van der Waals surface area contributed by atoms with E-state index >= 15 is 0 Å². The summed E-state index contributed by atoms with van der Waals surface area (Å²) >= 11 is 0. The molecule has 1 heterocycles. The molecule has 44 heavy (non-hydrogen) atoms. The van der Waals surface area contributed by atoms with Gasteiger partial charge in [-0.1, -0.05) is 149 Å². The SMILES string of the molecule is CC(C)(C)c1cc(C(C)(C)C)c(N=c2[p-]c(=Nc3c(C(C)(C)C)cc(C(C)(C)C)cc3C(C)(C)C)[pH][pH]2)c(C(C)(C)C)c1.[Cs+]. The van der Waals surface area contributed by atoms with Crippen molar-refractivity contribution in [2.24, 2.45) is 9.98 Å². The van der Waals surface area contributed by atoms with Crippen molar-refractivity contribution < 1.29 is 68.9 Å². The van der Waals surface area contributed by atoms with E-state index in [1.54, 1.807) is 0 Å². The molecular weight excluding hydrogens is 710 g/mol. The molecule has 2 nitrogen and oxygen atoms in total. The summed E-state index contributed by atoms with van der Waals surface area (Å²) in [4.78, 5) is 13.6. The summed E-state index contributed by atoms with van der Waals surface area (Å²) in [6.07, 6.45) is 0. The zero-order valence-corrected chi connectivity index (χ0v) is 40.8. The van der Waals surface area contributed by atoms with Crippen LogP contribution in [0.5, 0.6) is 0 Å². The molecular formula is C38H60CsN2P3. The van der Waals surface area contributed by atoms with E-state index in [1.807, 2.05) is 0 Å². The van der Waals surface area contributed by atoms with E-state index in [0.29, 0.717) is 15.7 Å². The number of nitrogens with zero attached hydrogens (tertiary/aromatic N) is 2. The fourth-order valence-corrected chi connectivity index (χ4v) is 10.7. The van der Waals surface area contributed by atoms with Gasteiger partial charge in [0.2, 0.25) is 0 Å². The van der Waals surface area contributed by atoms with E-state index in [-0.39, 0.29) is 101 Å². The van der Waals surface area contributed by atoms with Gasteiger partial charge in [-0.2, -0.15) is 8.19 Å². The molecule has 0 N–H and O–H groups in total. The molecule has 0 aliphatic rings. The summed E-state index contributed by atoms with van der Waals surface area (Å²) in [6.45, 7) is 41.9. The topological polar surface area (TPSA) is 24.7 Å². The molecule has 0 saturated carbocycles. The monoisotopic (exact) mass is 770 g/mol. The van der Waals surface area contributed by atoms with Gasteiger partial charge in [0.25, 0.3) is 0 Å². The predicted octanol–water partition coefficient (Wildman–Crippen LogP) is 9.30. The van der Waals surface area contributed by atoms with Gasteiger partial charge in [0.05, 0.1) is 11.4 Å². The largest absolute Gasteiger partial charge is 1.00 e. The van der Waals surface area contributed by atoms with Crippen molar-refractivity contribution in [1.82, 2.24) is 0 Å². The van der Waals surface area contributed by atoms with Crippen molar-refractivity contribution >= 4 is 35.3 Å². The Hall–Kier alpha value is 0.732. The molecule has 1 aromatic heterocycles. The van der Waals surface area contributed by atoms with Crippen LogP contribution >= 0.6 is 23.9 Å². The van der Waals surface area contributed by atoms with Crippen LogP contribution in [0.4, 0.5) is 11.4 Å². The summed E-state index contributed by atoms with van der Waals surface area (Å²) < 4.78 is 0. The number of hydrogen-bond donors (Lipinski definition) is 0. The first-order valence-electron chi connectivity index (χ1n) is 15.9. The first kappa shape index (κ1) is 40.9. The second-order valence-electron chi connectivity index (χ2n) is 18.6. The van der Waals surface area contributed by atoms with Crippen molar-refractivity contribution in [3.05, 3.63) is 67.3 Å². The van der Waals surface area contributed by atoms with Crippen LogP contribution in [0.2, 0.25) is 0 Å². The van der Waals surface area contributed by atoms with Crippen molar-refractivity contribution in [3.8, 4) is 0 Å². The van der Waals surface area contributed by atoms with Gasteiger partial charge >= 0.3 is 68.9 Å². The van der Waals surface area contributed by atoms with Crippen LogP contribution in [0.15, 0.2) is 34.3 Å². The molecule has 6 heteroatoms. The Labute approximate surface area is 334 Å². The molecule has 0 bridgehead atoms. The van der Waals surface area contributed by atoms with Crippen LogP contribution in [0, 0.1) is 0 Å².